The monoisotopic (exact) mass is 447 g/mol. The van der Waals surface area contributed by atoms with E-state index in [1.807, 2.05) is 0 Å². The number of carbonyl (C=O) groups excluding carboxylic acids is 2. The van der Waals surface area contributed by atoms with E-state index in [9.17, 15) is 26.8 Å². The van der Waals surface area contributed by atoms with Gasteiger partial charge in [-0.15, -0.1) is 4.41 Å². The lowest BCUT2D eigenvalue weighted by Gasteiger charge is -2.24. The number of anilines is 2. The summed E-state index contributed by atoms with van der Waals surface area (Å²) in [6.45, 7) is 1.92. The van der Waals surface area contributed by atoms with Gasteiger partial charge in [0.15, 0.2) is 11.6 Å². The molecule has 2 aliphatic rings. The van der Waals surface area contributed by atoms with Gasteiger partial charge in [-0.1, -0.05) is 0 Å². The zero-order valence-corrected chi connectivity index (χ0v) is 17.3. The Bertz CT molecular complexity index is 921. The lowest BCUT2D eigenvalue weighted by molar-refractivity contribution is -0.119. The van der Waals surface area contributed by atoms with Gasteiger partial charge in [0.2, 0.25) is 15.9 Å². The average Bonchev–Trinajstić information content (AvgIpc) is 2.84. The van der Waals surface area contributed by atoms with Gasteiger partial charge in [0.05, 0.1) is 25.0 Å². The Hall–Kier alpha value is -2.51. The molecule has 13 heteroatoms. The number of carbonyl (C=O) groups is 2. The van der Waals surface area contributed by atoms with Crippen LogP contribution in [0.5, 0.6) is 0 Å². The van der Waals surface area contributed by atoms with Gasteiger partial charge in [0.25, 0.3) is 0 Å². The molecule has 2 heterocycles. The van der Waals surface area contributed by atoms with Crippen molar-refractivity contribution in [2.45, 2.75) is 13.0 Å². The highest BCUT2D eigenvalue weighted by molar-refractivity contribution is 7.88. The second-order valence-electron chi connectivity index (χ2n) is 7.04. The van der Waals surface area contributed by atoms with E-state index in [-0.39, 0.29) is 56.6 Å². The first-order chi connectivity index (χ1) is 14.1. The topological polar surface area (TPSA) is 111 Å². The second kappa shape index (κ2) is 8.70. The van der Waals surface area contributed by atoms with Crippen molar-refractivity contribution >= 4 is 33.4 Å². The van der Waals surface area contributed by atoms with Gasteiger partial charge in [-0.2, -0.15) is 0 Å². The number of sulfonamides is 1. The molecular formula is C17H23F2N5O5S. The molecule has 166 valence electrons. The lowest BCUT2D eigenvalue weighted by atomic mass is 10.2. The van der Waals surface area contributed by atoms with E-state index in [0.29, 0.717) is 0 Å². The van der Waals surface area contributed by atoms with Gasteiger partial charge in [0.1, 0.15) is 11.8 Å². The Morgan fingerprint density at radius 2 is 1.93 bits per heavy atom. The molecule has 0 aromatic heterocycles. The summed E-state index contributed by atoms with van der Waals surface area (Å²) in [5.41, 5.74) is 2.41. The molecule has 0 spiro atoms. The SMILES string of the molecule is CC(=O)NC[C@H]1CN(c2cc(F)c(N3CCNN(S(C)(=O)=O)CC3)c(F)c2)C(=O)O1. The van der Waals surface area contributed by atoms with Crippen LogP contribution in [0.3, 0.4) is 0 Å². The van der Waals surface area contributed by atoms with Crippen LogP contribution in [0.4, 0.5) is 25.0 Å². The van der Waals surface area contributed by atoms with E-state index in [0.717, 1.165) is 27.7 Å². The highest BCUT2D eigenvalue weighted by atomic mass is 32.2. The molecule has 1 atom stereocenters. The van der Waals surface area contributed by atoms with Crippen molar-refractivity contribution in [3.05, 3.63) is 23.8 Å². The average molecular weight is 447 g/mol. The predicted octanol–water partition coefficient (Wildman–Crippen LogP) is 0.0123. The van der Waals surface area contributed by atoms with Gasteiger partial charge in [-0.05, 0) is 0 Å². The first kappa shape index (κ1) is 22.2. The van der Waals surface area contributed by atoms with Crippen molar-refractivity contribution in [3.63, 3.8) is 0 Å². The van der Waals surface area contributed by atoms with Crippen molar-refractivity contribution in [2.75, 3.05) is 55.3 Å². The maximum atomic E-state index is 14.8. The van der Waals surface area contributed by atoms with Crippen LogP contribution in [0.1, 0.15) is 6.92 Å². The molecule has 2 fully saturated rings. The Morgan fingerprint density at radius 3 is 2.53 bits per heavy atom. The Labute approximate surface area is 172 Å². The molecule has 30 heavy (non-hydrogen) atoms. The van der Waals surface area contributed by atoms with Crippen molar-refractivity contribution in [1.82, 2.24) is 15.2 Å². The smallest absolute Gasteiger partial charge is 0.414 e. The maximum Gasteiger partial charge on any atom is 0.414 e. The minimum atomic E-state index is -3.49. The molecule has 1 aromatic rings. The number of hydrogen-bond acceptors (Lipinski definition) is 7. The standard InChI is InChI=1S/C17H23F2N5O5S/c1-11(25)20-9-13-10-23(17(26)29-13)12-7-14(18)16(15(19)8-12)22-4-3-21-24(6-5-22)30(2,27)28/h7-8,13,21H,3-6,9-10H2,1-2H3,(H,20,25)/t13-/m0/s1. The van der Waals surface area contributed by atoms with E-state index < -0.39 is 33.9 Å². The second-order valence-corrected chi connectivity index (χ2v) is 8.95. The number of amides is 2. The molecular weight excluding hydrogens is 424 g/mol. The number of nitrogens with one attached hydrogen (secondary N) is 2. The number of hydrogen-bond donors (Lipinski definition) is 2. The number of hydrazine groups is 1. The third-order valence-corrected chi connectivity index (χ3v) is 5.84. The number of cyclic esters (lactones) is 1. The van der Waals surface area contributed by atoms with Crippen LogP contribution in [0.25, 0.3) is 0 Å². The predicted molar refractivity (Wildman–Crippen MR) is 104 cm³/mol. The number of ether oxygens (including phenoxy) is 1. The highest BCUT2D eigenvalue weighted by Crippen LogP contribution is 2.31. The zero-order chi connectivity index (χ0) is 22.1. The van der Waals surface area contributed by atoms with E-state index in [4.69, 9.17) is 4.74 Å². The summed E-state index contributed by atoms with van der Waals surface area (Å²) in [5, 5.41) is 2.52. The van der Waals surface area contributed by atoms with Crippen molar-refractivity contribution in [1.29, 1.82) is 0 Å². The normalized spacial score (nSPS) is 20.8. The summed E-state index contributed by atoms with van der Waals surface area (Å²) in [6.07, 6.45) is -0.356. The Kier molecular flexibility index (Phi) is 6.43. The van der Waals surface area contributed by atoms with Crippen LogP contribution < -0.4 is 20.5 Å². The number of nitrogens with zero attached hydrogens (tertiary/aromatic N) is 3. The van der Waals surface area contributed by atoms with Crippen LogP contribution in [0.15, 0.2) is 12.1 Å². The summed E-state index contributed by atoms with van der Waals surface area (Å²) >= 11 is 0. The summed E-state index contributed by atoms with van der Waals surface area (Å²) < 4.78 is 59.1. The fraction of sp³-hybridized carbons (Fsp3) is 0.529. The van der Waals surface area contributed by atoms with Crippen LogP contribution in [-0.2, 0) is 19.6 Å². The molecule has 1 aromatic carbocycles. The quantitative estimate of drug-likeness (QED) is 0.654. The molecule has 2 amide bonds. The number of rotatable bonds is 5. The highest BCUT2D eigenvalue weighted by Gasteiger charge is 2.34. The van der Waals surface area contributed by atoms with Gasteiger partial charge >= 0.3 is 6.09 Å². The van der Waals surface area contributed by atoms with Gasteiger partial charge in [-0.25, -0.2) is 27.4 Å². The minimum Gasteiger partial charge on any atom is -0.442 e. The number of benzene rings is 1. The van der Waals surface area contributed by atoms with Gasteiger partial charge in [-0.3, -0.25) is 9.69 Å². The molecule has 0 unspecified atom stereocenters. The molecule has 2 aliphatic heterocycles. The molecule has 0 saturated carbocycles. The zero-order valence-electron chi connectivity index (χ0n) is 16.5. The summed E-state index contributed by atoms with van der Waals surface area (Å²) in [6, 6.07) is 2.07. The molecule has 10 nitrogen and oxygen atoms in total. The summed E-state index contributed by atoms with van der Waals surface area (Å²) in [4.78, 5) is 25.6. The molecule has 0 radical (unpaired) electrons. The van der Waals surface area contributed by atoms with Crippen LogP contribution in [0, 0.1) is 11.6 Å². The fourth-order valence-electron chi connectivity index (χ4n) is 3.33. The molecule has 2 N–H and O–H groups in total. The minimum absolute atomic E-state index is 0.00483. The third kappa shape index (κ3) is 4.96. The summed E-state index contributed by atoms with van der Waals surface area (Å²) in [5.74, 6) is -2.04. The Morgan fingerprint density at radius 1 is 1.27 bits per heavy atom. The number of halogens is 2. The fourth-order valence-corrected chi connectivity index (χ4v) is 4.06. The van der Waals surface area contributed by atoms with Crippen LogP contribution in [0.2, 0.25) is 0 Å². The van der Waals surface area contributed by atoms with E-state index in [1.165, 1.54) is 11.8 Å². The largest absolute Gasteiger partial charge is 0.442 e. The lowest BCUT2D eigenvalue weighted by Crippen LogP contribution is -2.42. The first-order valence-corrected chi connectivity index (χ1v) is 11.1. The van der Waals surface area contributed by atoms with Gasteiger partial charge < -0.3 is 15.0 Å². The Balaban J connectivity index is 1.76. The van der Waals surface area contributed by atoms with Crippen LogP contribution >= 0.6 is 0 Å². The van der Waals surface area contributed by atoms with Crippen molar-refractivity contribution in [3.8, 4) is 0 Å². The first-order valence-electron chi connectivity index (χ1n) is 9.24. The molecule has 2 saturated heterocycles. The molecule has 3 rings (SSSR count). The maximum absolute atomic E-state index is 14.8. The van der Waals surface area contributed by atoms with Crippen molar-refractivity contribution < 1.29 is 31.5 Å². The van der Waals surface area contributed by atoms with E-state index >= 15 is 0 Å². The molecule has 0 bridgehead atoms. The van der Waals surface area contributed by atoms with E-state index in [2.05, 4.69) is 10.7 Å². The van der Waals surface area contributed by atoms with Gasteiger partial charge in [0, 0.05) is 45.2 Å². The molecule has 0 aliphatic carbocycles. The third-order valence-electron chi connectivity index (χ3n) is 4.73. The summed E-state index contributed by atoms with van der Waals surface area (Å²) in [7, 11) is -3.49. The van der Waals surface area contributed by atoms with Crippen LogP contribution in [-0.4, -0.2) is 76.5 Å². The van der Waals surface area contributed by atoms with Crippen molar-refractivity contribution in [2.24, 2.45) is 0 Å². The van der Waals surface area contributed by atoms with E-state index in [1.54, 1.807) is 0 Å².